The van der Waals surface area contributed by atoms with Crippen molar-refractivity contribution >= 4 is 17.7 Å². The average molecular weight is 250 g/mol. The van der Waals surface area contributed by atoms with Crippen LogP contribution < -0.4 is 10.6 Å². The summed E-state index contributed by atoms with van der Waals surface area (Å²) in [5.74, 6) is -0.855. The number of amides is 2. The molecule has 0 bridgehead atoms. The number of carbonyl (C=O) groups excluding carboxylic acids is 1. The van der Waals surface area contributed by atoms with Gasteiger partial charge < -0.3 is 15.7 Å². The number of urea groups is 1. The van der Waals surface area contributed by atoms with E-state index in [9.17, 15) is 9.59 Å². The number of aryl methyl sites for hydroxylation is 2. The van der Waals surface area contributed by atoms with E-state index in [-0.39, 0.29) is 12.5 Å². The number of carboxylic acid groups (broad SMARTS) is 1. The molecule has 0 fully saturated rings. The normalized spacial score (nSPS) is 9.89. The summed E-state index contributed by atoms with van der Waals surface area (Å²) in [5, 5.41) is 13.9. The fraction of sp³-hybridized carbons (Fsp3) is 0.385. The van der Waals surface area contributed by atoms with Gasteiger partial charge >= 0.3 is 12.0 Å². The van der Waals surface area contributed by atoms with E-state index in [4.69, 9.17) is 5.11 Å². The van der Waals surface area contributed by atoms with Gasteiger partial charge in [-0.15, -0.1) is 0 Å². The highest BCUT2D eigenvalue weighted by molar-refractivity contribution is 5.90. The van der Waals surface area contributed by atoms with Gasteiger partial charge in [0.05, 0.1) is 0 Å². The van der Waals surface area contributed by atoms with Gasteiger partial charge in [0.2, 0.25) is 0 Å². The van der Waals surface area contributed by atoms with E-state index in [2.05, 4.69) is 10.6 Å². The molecule has 1 aromatic rings. The Morgan fingerprint density at radius 1 is 1.22 bits per heavy atom. The lowest BCUT2D eigenvalue weighted by Crippen LogP contribution is -2.30. The molecule has 98 valence electrons. The number of hydrogen-bond acceptors (Lipinski definition) is 2. The maximum absolute atomic E-state index is 11.6. The fourth-order valence-corrected chi connectivity index (χ4v) is 1.61. The van der Waals surface area contributed by atoms with E-state index < -0.39 is 5.97 Å². The van der Waals surface area contributed by atoms with Crippen LogP contribution in [0.5, 0.6) is 0 Å². The molecule has 1 rings (SSSR count). The molecule has 18 heavy (non-hydrogen) atoms. The maximum Gasteiger partial charge on any atom is 0.319 e. The quantitative estimate of drug-likeness (QED) is 0.701. The summed E-state index contributed by atoms with van der Waals surface area (Å²) in [6, 6.07) is 5.47. The Kier molecular flexibility index (Phi) is 5.17. The van der Waals surface area contributed by atoms with Crippen LogP contribution in [0.1, 0.15) is 24.0 Å². The molecule has 0 atom stereocenters. The number of benzene rings is 1. The fourth-order valence-electron chi connectivity index (χ4n) is 1.61. The first-order chi connectivity index (χ1) is 8.50. The average Bonchev–Trinajstić information content (AvgIpc) is 2.29. The summed E-state index contributed by atoms with van der Waals surface area (Å²) < 4.78 is 0. The molecule has 1 aromatic carbocycles. The van der Waals surface area contributed by atoms with Gasteiger partial charge in [-0.3, -0.25) is 4.79 Å². The van der Waals surface area contributed by atoms with E-state index in [0.29, 0.717) is 13.0 Å². The third-order valence-electron chi connectivity index (χ3n) is 2.57. The van der Waals surface area contributed by atoms with Crippen LogP contribution in [0.25, 0.3) is 0 Å². The van der Waals surface area contributed by atoms with Crippen molar-refractivity contribution in [2.45, 2.75) is 26.7 Å². The molecule has 0 aliphatic heterocycles. The summed E-state index contributed by atoms with van der Waals surface area (Å²) >= 11 is 0. The Labute approximate surface area is 106 Å². The van der Waals surface area contributed by atoms with Crippen LogP contribution >= 0.6 is 0 Å². The number of hydrogen-bond donors (Lipinski definition) is 3. The van der Waals surface area contributed by atoms with Crippen LogP contribution in [0.15, 0.2) is 18.2 Å². The number of nitrogens with one attached hydrogen (secondary N) is 2. The molecule has 0 aliphatic carbocycles. The zero-order chi connectivity index (χ0) is 13.5. The van der Waals surface area contributed by atoms with Crippen LogP contribution in [-0.2, 0) is 4.79 Å². The van der Waals surface area contributed by atoms with E-state index in [0.717, 1.165) is 16.8 Å². The van der Waals surface area contributed by atoms with Crippen molar-refractivity contribution in [3.63, 3.8) is 0 Å². The van der Waals surface area contributed by atoms with Crippen LogP contribution in [0.4, 0.5) is 10.5 Å². The van der Waals surface area contributed by atoms with E-state index in [1.807, 2.05) is 32.0 Å². The summed E-state index contributed by atoms with van der Waals surface area (Å²) in [6.07, 6.45) is 0.485. The smallest absolute Gasteiger partial charge is 0.319 e. The van der Waals surface area contributed by atoms with Crippen LogP contribution in [0, 0.1) is 13.8 Å². The lowest BCUT2D eigenvalue weighted by molar-refractivity contribution is -0.137. The highest BCUT2D eigenvalue weighted by Crippen LogP contribution is 2.18. The van der Waals surface area contributed by atoms with E-state index in [1.54, 1.807) is 0 Å². The lowest BCUT2D eigenvalue weighted by atomic mass is 10.1. The van der Waals surface area contributed by atoms with Gasteiger partial charge in [0.15, 0.2) is 0 Å². The monoisotopic (exact) mass is 250 g/mol. The van der Waals surface area contributed by atoms with Gasteiger partial charge in [-0.2, -0.15) is 0 Å². The van der Waals surface area contributed by atoms with Crippen LogP contribution in [-0.4, -0.2) is 23.7 Å². The topological polar surface area (TPSA) is 78.4 Å². The van der Waals surface area contributed by atoms with Gasteiger partial charge in [0.1, 0.15) is 0 Å². The molecule has 0 radical (unpaired) electrons. The minimum Gasteiger partial charge on any atom is -0.481 e. The first-order valence-corrected chi connectivity index (χ1v) is 5.83. The largest absolute Gasteiger partial charge is 0.481 e. The molecular formula is C13H18N2O3. The molecule has 2 amide bonds. The predicted molar refractivity (Wildman–Crippen MR) is 69.8 cm³/mol. The van der Waals surface area contributed by atoms with Crippen molar-refractivity contribution < 1.29 is 14.7 Å². The maximum atomic E-state index is 11.6. The summed E-state index contributed by atoms with van der Waals surface area (Å²) in [5.41, 5.74) is 2.79. The Hall–Kier alpha value is -2.04. The Morgan fingerprint density at radius 2 is 1.83 bits per heavy atom. The van der Waals surface area contributed by atoms with Crippen molar-refractivity contribution in [2.24, 2.45) is 0 Å². The molecule has 0 aromatic heterocycles. The van der Waals surface area contributed by atoms with Gasteiger partial charge in [-0.25, -0.2) is 4.79 Å². The van der Waals surface area contributed by atoms with Crippen molar-refractivity contribution in [3.05, 3.63) is 29.3 Å². The first kappa shape index (κ1) is 14.0. The van der Waals surface area contributed by atoms with Crippen LogP contribution in [0.2, 0.25) is 0 Å². The van der Waals surface area contributed by atoms with Gasteiger partial charge in [-0.05, 0) is 31.4 Å². The zero-order valence-electron chi connectivity index (χ0n) is 10.6. The standard InChI is InChI=1S/C13H18N2O3/c1-9-5-3-6-10(2)12(9)15-13(18)14-8-4-7-11(16)17/h3,5-6H,4,7-8H2,1-2H3,(H,16,17)(H2,14,15,18). The molecular weight excluding hydrogens is 232 g/mol. The number of anilines is 1. The number of rotatable bonds is 5. The van der Waals surface area contributed by atoms with E-state index >= 15 is 0 Å². The highest BCUT2D eigenvalue weighted by Gasteiger charge is 2.06. The molecule has 3 N–H and O–H groups in total. The number of para-hydroxylation sites is 1. The Balaban J connectivity index is 2.43. The molecule has 0 aliphatic rings. The summed E-state index contributed by atoms with van der Waals surface area (Å²) in [6.45, 7) is 4.20. The third kappa shape index (κ3) is 4.45. The lowest BCUT2D eigenvalue weighted by Gasteiger charge is -2.12. The molecule has 0 heterocycles. The SMILES string of the molecule is Cc1cccc(C)c1NC(=O)NCCCC(=O)O. The Bertz CT molecular complexity index is 424. The van der Waals surface area contributed by atoms with Crippen molar-refractivity contribution in [3.8, 4) is 0 Å². The second-order valence-corrected chi connectivity index (χ2v) is 4.15. The van der Waals surface area contributed by atoms with Gasteiger partial charge in [0, 0.05) is 18.7 Å². The summed E-state index contributed by atoms with van der Waals surface area (Å²) in [4.78, 5) is 21.9. The van der Waals surface area contributed by atoms with Crippen molar-refractivity contribution in [1.29, 1.82) is 0 Å². The third-order valence-corrected chi connectivity index (χ3v) is 2.57. The molecule has 5 nitrogen and oxygen atoms in total. The predicted octanol–water partition coefficient (Wildman–Crippen LogP) is 2.29. The number of carbonyl (C=O) groups is 2. The molecule has 0 saturated carbocycles. The summed E-state index contributed by atoms with van der Waals surface area (Å²) in [7, 11) is 0. The zero-order valence-corrected chi connectivity index (χ0v) is 10.6. The Morgan fingerprint density at radius 3 is 2.39 bits per heavy atom. The van der Waals surface area contributed by atoms with Gasteiger partial charge in [-0.1, -0.05) is 18.2 Å². The van der Waals surface area contributed by atoms with E-state index in [1.165, 1.54) is 0 Å². The highest BCUT2D eigenvalue weighted by atomic mass is 16.4. The minimum absolute atomic E-state index is 0.0592. The molecule has 5 heteroatoms. The van der Waals surface area contributed by atoms with Gasteiger partial charge in [0.25, 0.3) is 0 Å². The second-order valence-electron chi connectivity index (χ2n) is 4.15. The van der Waals surface area contributed by atoms with Crippen molar-refractivity contribution in [1.82, 2.24) is 5.32 Å². The minimum atomic E-state index is -0.855. The first-order valence-electron chi connectivity index (χ1n) is 5.83. The molecule has 0 saturated heterocycles. The molecule has 0 unspecified atom stereocenters. The molecule has 0 spiro atoms. The van der Waals surface area contributed by atoms with Crippen molar-refractivity contribution in [2.75, 3.05) is 11.9 Å². The second kappa shape index (κ2) is 6.64. The van der Waals surface area contributed by atoms with Crippen LogP contribution in [0.3, 0.4) is 0 Å². The number of carboxylic acids is 1. The number of aliphatic carboxylic acids is 1.